The molecule has 0 unspecified atom stereocenters. The van der Waals surface area contributed by atoms with Crippen LogP contribution in [0.2, 0.25) is 0 Å². The van der Waals surface area contributed by atoms with Gasteiger partial charge in [0.25, 0.3) is 0 Å². The van der Waals surface area contributed by atoms with Gasteiger partial charge >= 0.3 is 0 Å². The number of primary amides is 1. The lowest BCUT2D eigenvalue weighted by Crippen LogP contribution is -2.11. The molecule has 0 spiro atoms. The van der Waals surface area contributed by atoms with Crippen LogP contribution in [0.1, 0.15) is 10.4 Å². The topological polar surface area (TPSA) is 56.0 Å². The molecule has 1 aromatic carbocycles. The van der Waals surface area contributed by atoms with E-state index in [9.17, 15) is 4.79 Å². The molecule has 0 aliphatic heterocycles. The summed E-state index contributed by atoms with van der Waals surface area (Å²) < 4.78 is 0. The molecule has 0 radical (unpaired) electrons. The third-order valence-corrected chi connectivity index (χ3v) is 1.95. The number of hydrogen-bond donors (Lipinski definition) is 1. The number of fused-ring (bicyclic) bond motifs is 1. The number of carbonyl (C=O) groups is 1. The van der Waals surface area contributed by atoms with Crippen LogP contribution in [0.25, 0.3) is 10.8 Å². The van der Waals surface area contributed by atoms with Gasteiger partial charge in [0.05, 0.1) is 0 Å². The fourth-order valence-electron chi connectivity index (χ4n) is 1.33. The smallest absolute Gasteiger partial charge is 0.249 e. The van der Waals surface area contributed by atoms with Crippen molar-refractivity contribution in [2.24, 2.45) is 5.73 Å². The Hall–Kier alpha value is -1.90. The predicted octanol–water partition coefficient (Wildman–Crippen LogP) is 1.33. The second-order valence-corrected chi connectivity index (χ2v) is 2.77. The first-order valence-electron chi connectivity index (χ1n) is 3.91. The molecule has 1 aromatic heterocycles. The summed E-state index contributed by atoms with van der Waals surface area (Å²) in [7, 11) is 0. The van der Waals surface area contributed by atoms with E-state index in [4.69, 9.17) is 5.73 Å². The van der Waals surface area contributed by atoms with E-state index in [1.54, 1.807) is 18.5 Å². The van der Waals surface area contributed by atoms with E-state index in [0.717, 1.165) is 10.8 Å². The summed E-state index contributed by atoms with van der Waals surface area (Å²) in [5.41, 5.74) is 5.73. The first-order chi connectivity index (χ1) is 6.29. The predicted molar refractivity (Wildman–Crippen MR) is 50.3 cm³/mol. The van der Waals surface area contributed by atoms with Gasteiger partial charge in [-0.25, -0.2) is 0 Å². The summed E-state index contributed by atoms with van der Waals surface area (Å²) >= 11 is 0. The summed E-state index contributed by atoms with van der Waals surface area (Å²) in [6.07, 6.45) is 3.34. The molecule has 0 aliphatic rings. The summed E-state index contributed by atoms with van der Waals surface area (Å²) in [5.74, 6) is -0.418. The minimum absolute atomic E-state index is 0.418. The minimum Gasteiger partial charge on any atom is -0.366 e. The molecule has 64 valence electrons. The Bertz CT molecular complexity index is 460. The Morgan fingerprint density at radius 1 is 1.31 bits per heavy atom. The van der Waals surface area contributed by atoms with E-state index in [1.807, 2.05) is 18.2 Å². The fourth-order valence-corrected chi connectivity index (χ4v) is 1.33. The van der Waals surface area contributed by atoms with Crippen molar-refractivity contribution in [2.45, 2.75) is 0 Å². The molecule has 3 nitrogen and oxygen atoms in total. The highest BCUT2D eigenvalue weighted by atomic mass is 16.1. The van der Waals surface area contributed by atoms with Crippen LogP contribution in [0.3, 0.4) is 0 Å². The van der Waals surface area contributed by atoms with E-state index in [0.29, 0.717) is 5.56 Å². The number of hydrogen-bond acceptors (Lipinski definition) is 2. The van der Waals surface area contributed by atoms with Gasteiger partial charge in [0.1, 0.15) is 0 Å². The number of carbonyl (C=O) groups excluding carboxylic acids is 1. The van der Waals surface area contributed by atoms with Gasteiger partial charge in [0, 0.05) is 23.3 Å². The standard InChI is InChI=1S/C10H8N2O/c11-10(13)8-3-1-2-7-4-5-12-6-9(7)8/h1-6H,(H2,11,13). The van der Waals surface area contributed by atoms with Crippen molar-refractivity contribution in [2.75, 3.05) is 0 Å². The molecule has 0 saturated heterocycles. The van der Waals surface area contributed by atoms with Crippen molar-refractivity contribution in [3.05, 3.63) is 42.2 Å². The Labute approximate surface area is 75.2 Å². The maximum absolute atomic E-state index is 11.0. The van der Waals surface area contributed by atoms with Crippen molar-refractivity contribution < 1.29 is 4.79 Å². The van der Waals surface area contributed by atoms with E-state index < -0.39 is 5.91 Å². The van der Waals surface area contributed by atoms with Crippen LogP contribution in [-0.4, -0.2) is 10.9 Å². The number of nitrogens with two attached hydrogens (primary N) is 1. The Balaban J connectivity index is 2.83. The molecule has 0 atom stereocenters. The van der Waals surface area contributed by atoms with Gasteiger partial charge in [-0.1, -0.05) is 12.1 Å². The van der Waals surface area contributed by atoms with Gasteiger partial charge in [-0.15, -0.1) is 0 Å². The van der Waals surface area contributed by atoms with Gasteiger partial charge in [-0.3, -0.25) is 9.78 Å². The second-order valence-electron chi connectivity index (χ2n) is 2.77. The van der Waals surface area contributed by atoms with Gasteiger partial charge in [0.2, 0.25) is 5.91 Å². The molecule has 2 N–H and O–H groups in total. The molecule has 1 amide bonds. The van der Waals surface area contributed by atoms with Crippen LogP contribution in [0.15, 0.2) is 36.7 Å². The van der Waals surface area contributed by atoms with Crippen LogP contribution in [0.4, 0.5) is 0 Å². The second kappa shape index (κ2) is 2.86. The molecule has 1 heterocycles. The van der Waals surface area contributed by atoms with E-state index in [1.165, 1.54) is 0 Å². The number of amides is 1. The monoisotopic (exact) mass is 172 g/mol. The summed E-state index contributed by atoms with van der Waals surface area (Å²) in [6.45, 7) is 0. The third kappa shape index (κ3) is 1.24. The molecule has 2 aromatic rings. The van der Waals surface area contributed by atoms with E-state index in [-0.39, 0.29) is 0 Å². The van der Waals surface area contributed by atoms with Crippen LogP contribution >= 0.6 is 0 Å². The lowest BCUT2D eigenvalue weighted by molar-refractivity contribution is 0.100. The molecule has 3 heteroatoms. The lowest BCUT2D eigenvalue weighted by atomic mass is 10.1. The van der Waals surface area contributed by atoms with Crippen molar-refractivity contribution in [3.8, 4) is 0 Å². The number of rotatable bonds is 1. The molecular weight excluding hydrogens is 164 g/mol. The zero-order chi connectivity index (χ0) is 9.26. The molecule has 0 bridgehead atoms. The van der Waals surface area contributed by atoms with Gasteiger partial charge < -0.3 is 5.73 Å². The summed E-state index contributed by atoms with van der Waals surface area (Å²) in [5, 5.41) is 1.78. The van der Waals surface area contributed by atoms with E-state index in [2.05, 4.69) is 4.98 Å². The number of benzene rings is 1. The van der Waals surface area contributed by atoms with Crippen LogP contribution in [0.5, 0.6) is 0 Å². The van der Waals surface area contributed by atoms with Crippen LogP contribution in [0, 0.1) is 0 Å². The first kappa shape index (κ1) is 7.73. The molecular formula is C10H8N2O. The van der Waals surface area contributed by atoms with Crippen molar-refractivity contribution in [3.63, 3.8) is 0 Å². The molecule has 0 fully saturated rings. The number of nitrogens with zero attached hydrogens (tertiary/aromatic N) is 1. The Morgan fingerprint density at radius 3 is 2.92 bits per heavy atom. The average Bonchev–Trinajstić information content (AvgIpc) is 2.17. The zero-order valence-electron chi connectivity index (χ0n) is 6.90. The average molecular weight is 172 g/mol. The third-order valence-electron chi connectivity index (χ3n) is 1.95. The molecule has 0 saturated carbocycles. The molecule has 13 heavy (non-hydrogen) atoms. The molecule has 2 rings (SSSR count). The zero-order valence-corrected chi connectivity index (χ0v) is 6.90. The highest BCUT2D eigenvalue weighted by Gasteiger charge is 2.04. The van der Waals surface area contributed by atoms with Gasteiger partial charge in [-0.05, 0) is 17.5 Å². The van der Waals surface area contributed by atoms with Crippen molar-refractivity contribution >= 4 is 16.7 Å². The Morgan fingerprint density at radius 2 is 2.15 bits per heavy atom. The number of pyridine rings is 1. The highest BCUT2D eigenvalue weighted by molar-refractivity contribution is 6.05. The van der Waals surface area contributed by atoms with Crippen LogP contribution in [-0.2, 0) is 0 Å². The Kier molecular flexibility index (Phi) is 1.70. The fraction of sp³-hybridized carbons (Fsp3) is 0. The largest absolute Gasteiger partial charge is 0.366 e. The molecule has 0 aliphatic carbocycles. The van der Waals surface area contributed by atoms with Crippen molar-refractivity contribution in [1.82, 2.24) is 4.98 Å². The minimum atomic E-state index is -0.418. The van der Waals surface area contributed by atoms with Crippen LogP contribution < -0.4 is 5.73 Å². The summed E-state index contributed by atoms with van der Waals surface area (Å²) in [6, 6.07) is 7.28. The lowest BCUT2D eigenvalue weighted by Gasteiger charge is -2.00. The number of aromatic nitrogens is 1. The van der Waals surface area contributed by atoms with Gasteiger partial charge in [-0.2, -0.15) is 0 Å². The SMILES string of the molecule is NC(=O)c1cccc2ccncc12. The maximum Gasteiger partial charge on any atom is 0.249 e. The van der Waals surface area contributed by atoms with Crippen molar-refractivity contribution in [1.29, 1.82) is 0 Å². The summed E-state index contributed by atoms with van der Waals surface area (Å²) in [4.78, 5) is 15.0. The van der Waals surface area contributed by atoms with Gasteiger partial charge in [0.15, 0.2) is 0 Å². The first-order valence-corrected chi connectivity index (χ1v) is 3.91. The van der Waals surface area contributed by atoms with E-state index >= 15 is 0 Å². The quantitative estimate of drug-likeness (QED) is 0.705. The maximum atomic E-state index is 11.0. The highest BCUT2D eigenvalue weighted by Crippen LogP contribution is 2.16. The normalized spacial score (nSPS) is 10.2.